The normalized spacial score (nSPS) is 11.7. The van der Waals surface area contributed by atoms with Crippen molar-refractivity contribution in [1.29, 1.82) is 0 Å². The summed E-state index contributed by atoms with van der Waals surface area (Å²) in [4.78, 5) is 60.9. The summed E-state index contributed by atoms with van der Waals surface area (Å²) in [6.45, 7) is 5.35. The number of carbonyl (C=O) groups excluding carboxylic acids is 2. The fraction of sp³-hybridized carbons (Fsp3) is 0.260. The van der Waals surface area contributed by atoms with Gasteiger partial charge in [0.25, 0.3) is 20.7 Å². The van der Waals surface area contributed by atoms with Crippen LogP contribution in [0.2, 0.25) is 15.2 Å². The Bertz CT molecular complexity index is 4000. The van der Waals surface area contributed by atoms with Gasteiger partial charge in [0.2, 0.25) is 5.78 Å². The van der Waals surface area contributed by atoms with Gasteiger partial charge in [-0.15, -0.1) is 5.10 Å². The zero-order chi connectivity index (χ0) is 61.9. The first-order chi connectivity index (χ1) is 38.8. The lowest BCUT2D eigenvalue weighted by Crippen LogP contribution is -2.21. The minimum Gasteiger partial charge on any atom is -0.480 e. The Kier molecular flexibility index (Phi) is 22.0. The summed E-state index contributed by atoms with van der Waals surface area (Å²) in [7, 11) is -6.14. The first kappa shape index (κ1) is 65.7. The van der Waals surface area contributed by atoms with E-state index in [1.54, 1.807) is 23.1 Å². The molecule has 0 bridgehead atoms. The van der Waals surface area contributed by atoms with Crippen LogP contribution in [-0.2, 0) is 42.6 Å². The molecule has 444 valence electrons. The number of rotatable bonds is 16. The molecule has 0 saturated heterocycles. The molecule has 5 N–H and O–H groups in total. The number of nitrogen functional groups attached to an aromatic ring is 1. The number of alkyl halides is 3. The molecular formula is C50H47Cl3F6N10O12S2. The smallest absolute Gasteiger partial charge is 0.416 e. The number of methoxy groups -OCH3 is 1. The molecule has 3 aromatic carbocycles. The zero-order valence-corrected chi connectivity index (χ0v) is 47.9. The van der Waals surface area contributed by atoms with Crippen LogP contribution in [0.3, 0.4) is 0 Å². The fourth-order valence-corrected chi connectivity index (χ4v) is 9.59. The number of ketones is 1. The van der Waals surface area contributed by atoms with Crippen molar-refractivity contribution in [3.05, 3.63) is 150 Å². The number of H-pyrrole nitrogens is 1. The number of sulfonamides is 1. The lowest BCUT2D eigenvalue weighted by atomic mass is 10.0. The molecule has 8 aromatic rings. The molecule has 0 saturated carbocycles. The van der Waals surface area contributed by atoms with Gasteiger partial charge in [-0.25, -0.2) is 41.1 Å². The molecule has 0 radical (unpaired) electrons. The van der Waals surface area contributed by atoms with Crippen LogP contribution in [-0.4, -0.2) is 105 Å². The number of fused-ring (bicyclic) bond motifs is 2. The Morgan fingerprint density at radius 2 is 1.60 bits per heavy atom. The van der Waals surface area contributed by atoms with Gasteiger partial charge in [0.05, 0.1) is 45.6 Å². The number of ether oxygens (including phenoxy) is 3. The summed E-state index contributed by atoms with van der Waals surface area (Å²) < 4.78 is 147. The highest BCUT2D eigenvalue weighted by atomic mass is 35.5. The number of hydrogen-bond acceptors (Lipinski definition) is 17. The second-order valence-corrected chi connectivity index (χ2v) is 22.0. The van der Waals surface area contributed by atoms with Crippen molar-refractivity contribution in [3.63, 3.8) is 0 Å². The van der Waals surface area contributed by atoms with Crippen LogP contribution in [0.1, 0.15) is 77.2 Å². The lowest BCUT2D eigenvalue weighted by Gasteiger charge is -2.14. The van der Waals surface area contributed by atoms with Crippen LogP contribution in [0.5, 0.6) is 11.8 Å². The first-order valence-electron chi connectivity index (χ1n) is 23.6. The summed E-state index contributed by atoms with van der Waals surface area (Å²) in [5, 5.41) is 15.1. The number of carboxylic acid groups (broad SMARTS) is 1. The number of nitrogens with one attached hydrogen (secondary N) is 2. The maximum atomic E-state index is 13.7. The van der Waals surface area contributed by atoms with Crippen molar-refractivity contribution in [2.24, 2.45) is 7.05 Å². The van der Waals surface area contributed by atoms with Gasteiger partial charge in [-0.1, -0.05) is 60.6 Å². The largest absolute Gasteiger partial charge is 0.480 e. The number of para-hydroxylation sites is 1. The number of halogens is 9. The molecule has 5 aromatic heterocycles. The number of aromatic nitrogens is 8. The topological polar surface area (TPSA) is 312 Å². The molecule has 22 nitrogen and oxygen atoms in total. The van der Waals surface area contributed by atoms with Crippen molar-refractivity contribution in [3.8, 4) is 11.8 Å². The number of carbonyl (C=O) groups is 3. The summed E-state index contributed by atoms with van der Waals surface area (Å²) in [6.07, 6.45) is 2.53. The number of esters is 1. The SMILES string of the molecule is CCCCCC(C)OC(=O)COc1ccc(Cl)c2cccnc12.COc1ncc(F)c2nc(S(=O)(=O)Nc3c(F)cccc3F)nn12.Cc1[nH]n(C)c(=O)c1C(=O)c1ccc(C(F)(F)F)cc1S(C)(=O)=O.Nc1cc(Cl)nc(C(=O)O)c1Cl. The van der Waals surface area contributed by atoms with Crippen LogP contribution >= 0.6 is 34.8 Å². The first-order valence-corrected chi connectivity index (χ1v) is 28.2. The third-order valence-corrected chi connectivity index (χ3v) is 14.2. The fourth-order valence-electron chi connectivity index (χ4n) is 7.14. The van der Waals surface area contributed by atoms with Gasteiger partial charge >= 0.3 is 24.1 Å². The van der Waals surface area contributed by atoms with Crippen LogP contribution in [0.25, 0.3) is 16.6 Å². The average molecular weight is 1260 g/mol. The van der Waals surface area contributed by atoms with Crippen molar-refractivity contribution < 1.29 is 76.9 Å². The number of aromatic amines is 1. The van der Waals surface area contributed by atoms with Crippen molar-refractivity contribution in [2.75, 3.05) is 30.4 Å². The van der Waals surface area contributed by atoms with Gasteiger partial charge in [0.15, 0.2) is 33.6 Å². The highest BCUT2D eigenvalue weighted by molar-refractivity contribution is 7.92. The van der Waals surface area contributed by atoms with E-state index in [0.717, 1.165) is 66.2 Å². The molecule has 8 rings (SSSR count). The minimum atomic E-state index is -4.76. The maximum Gasteiger partial charge on any atom is 0.416 e. The molecule has 5 heterocycles. The Morgan fingerprint density at radius 3 is 2.19 bits per heavy atom. The van der Waals surface area contributed by atoms with E-state index in [0.29, 0.717) is 39.2 Å². The Balaban J connectivity index is 0.000000208. The maximum absolute atomic E-state index is 13.7. The van der Waals surface area contributed by atoms with E-state index >= 15 is 0 Å². The van der Waals surface area contributed by atoms with E-state index in [9.17, 15) is 62.4 Å². The van der Waals surface area contributed by atoms with Crippen LogP contribution in [0.4, 0.5) is 37.7 Å². The molecule has 1 unspecified atom stereocenters. The quantitative estimate of drug-likeness (QED) is 0.0230. The summed E-state index contributed by atoms with van der Waals surface area (Å²) in [5.41, 5.74) is 1.87. The molecule has 0 amide bonds. The number of nitrogens with zero attached hydrogens (tertiary/aromatic N) is 7. The van der Waals surface area contributed by atoms with Crippen LogP contribution in [0.15, 0.2) is 94.0 Å². The highest BCUT2D eigenvalue weighted by Crippen LogP contribution is 2.33. The second kappa shape index (κ2) is 27.8. The van der Waals surface area contributed by atoms with Gasteiger partial charge in [-0.3, -0.25) is 29.1 Å². The number of aromatic carboxylic acids is 1. The van der Waals surface area contributed by atoms with E-state index < -0.39 is 93.3 Å². The molecule has 83 heavy (non-hydrogen) atoms. The number of aryl methyl sites for hydroxylation is 2. The lowest BCUT2D eigenvalue weighted by molar-refractivity contribution is -0.151. The summed E-state index contributed by atoms with van der Waals surface area (Å²) >= 11 is 17.1. The van der Waals surface area contributed by atoms with Gasteiger partial charge in [-0.05, 0) is 87.4 Å². The second-order valence-electron chi connectivity index (χ2n) is 17.2. The average Bonchev–Trinajstić information content (AvgIpc) is 4.25. The number of carboxylic acids is 1. The number of anilines is 2. The third kappa shape index (κ3) is 16.8. The molecule has 0 fully saturated rings. The number of nitrogens with two attached hydrogens (primary N) is 1. The number of hydrogen-bond donors (Lipinski definition) is 4. The Morgan fingerprint density at radius 1 is 0.928 bits per heavy atom. The predicted octanol–water partition coefficient (Wildman–Crippen LogP) is 9.47. The van der Waals surface area contributed by atoms with Gasteiger partial charge in [0.1, 0.15) is 39.3 Å². The third-order valence-electron chi connectivity index (χ3n) is 11.0. The van der Waals surface area contributed by atoms with Gasteiger partial charge in [0, 0.05) is 36.1 Å². The molecule has 33 heteroatoms. The van der Waals surface area contributed by atoms with Crippen molar-refractivity contribution in [2.45, 2.75) is 68.8 Å². The van der Waals surface area contributed by atoms with E-state index in [1.807, 2.05) is 19.1 Å². The van der Waals surface area contributed by atoms with E-state index in [2.05, 4.69) is 37.1 Å². The molecule has 1 atom stereocenters. The van der Waals surface area contributed by atoms with Gasteiger partial charge < -0.3 is 25.1 Å². The van der Waals surface area contributed by atoms with Crippen molar-refractivity contribution in [1.82, 2.24) is 39.3 Å². The van der Waals surface area contributed by atoms with Gasteiger partial charge in [-0.2, -0.15) is 31.1 Å². The standard InChI is InChI=1S/C18H22ClNO3.C14H13F3N2O4S.C12H8F3N5O3S.C6H4Cl2N2O2/c1-3-4-5-7-13(2)23-17(21)12-22-16-10-9-15(19)14-8-6-11-20-18(14)16;1-7-11(13(21)19(2)18-7)12(20)9-5-4-8(14(15,16)17)6-10(9)24(3,22)23;1-23-12-16-5-8(15)10-17-11(18-20(10)12)24(21,22)19-9-6(13)3-2-4-7(9)14;7-3-1-2(9)4(8)5(10-3)6(11)12/h6,8-11,13H,3-5,7,12H2,1-2H3;4-6,18H,1-3H3;2-5,19H,1H3;1H,(H2,9,10)(H,11,12). The number of benzene rings is 3. The number of sulfone groups is 1. The monoisotopic (exact) mass is 1260 g/mol. The van der Waals surface area contributed by atoms with Crippen molar-refractivity contribution >= 4 is 100 Å². The molecule has 0 spiro atoms. The Labute approximate surface area is 482 Å². The van der Waals surface area contributed by atoms with E-state index in [1.165, 1.54) is 27.1 Å². The van der Waals surface area contributed by atoms with Crippen LogP contribution < -0.4 is 25.5 Å². The molecule has 0 aliphatic carbocycles. The summed E-state index contributed by atoms with van der Waals surface area (Å²) in [5.74, 6) is -5.27. The summed E-state index contributed by atoms with van der Waals surface area (Å²) in [6, 6.07) is 12.8. The van der Waals surface area contributed by atoms with E-state index in [4.69, 9.17) is 59.9 Å². The number of unbranched alkanes of at least 4 members (excludes halogenated alkanes) is 2. The Hall–Kier alpha value is -8.06. The molecular weight excluding hydrogens is 1220 g/mol. The minimum absolute atomic E-state index is 0.00861. The zero-order valence-electron chi connectivity index (χ0n) is 44.0. The predicted molar refractivity (Wildman–Crippen MR) is 291 cm³/mol. The van der Waals surface area contributed by atoms with E-state index in [-0.39, 0.29) is 57.5 Å². The number of pyridine rings is 2. The highest BCUT2D eigenvalue weighted by Gasteiger charge is 2.34. The molecule has 0 aliphatic rings. The van der Waals surface area contributed by atoms with Crippen LogP contribution in [0, 0.1) is 24.4 Å². The molecule has 0 aliphatic heterocycles.